The first-order valence-electron chi connectivity index (χ1n) is 7.79. The molecule has 1 amide bonds. The van der Waals surface area contributed by atoms with E-state index >= 15 is 0 Å². The lowest BCUT2D eigenvalue weighted by Gasteiger charge is -2.39. The fourth-order valence-electron chi connectivity index (χ4n) is 3.05. The van der Waals surface area contributed by atoms with Crippen LogP contribution in [0.3, 0.4) is 0 Å². The van der Waals surface area contributed by atoms with Crippen molar-refractivity contribution >= 4 is 34.8 Å². The fraction of sp³-hybridized carbons (Fsp3) is 0.412. The van der Waals surface area contributed by atoms with Crippen LogP contribution >= 0.6 is 23.8 Å². The summed E-state index contributed by atoms with van der Waals surface area (Å²) in [5.74, 6) is -0.642. The molecule has 1 aliphatic carbocycles. The Morgan fingerprint density at radius 1 is 1.42 bits per heavy atom. The minimum Gasteiger partial charge on any atom is -0.351 e. The molecule has 1 unspecified atom stereocenters. The fourth-order valence-corrected chi connectivity index (χ4v) is 3.73. The molecule has 1 aromatic carbocycles. The number of amides is 1. The largest absolute Gasteiger partial charge is 0.351 e. The van der Waals surface area contributed by atoms with Crippen molar-refractivity contribution in [1.82, 2.24) is 15.1 Å². The Kier molecular flexibility index (Phi) is 4.53. The molecule has 0 bridgehead atoms. The van der Waals surface area contributed by atoms with Gasteiger partial charge in [-0.2, -0.15) is 0 Å². The molecule has 1 atom stereocenters. The summed E-state index contributed by atoms with van der Waals surface area (Å²) < 4.78 is 14.5. The maximum absolute atomic E-state index is 14.5. The van der Waals surface area contributed by atoms with E-state index in [1.54, 1.807) is 26.2 Å². The maximum Gasteiger partial charge on any atom is 0.253 e. The molecule has 4 nitrogen and oxygen atoms in total. The van der Waals surface area contributed by atoms with Gasteiger partial charge in [-0.25, -0.2) is 4.39 Å². The highest BCUT2D eigenvalue weighted by Gasteiger charge is 2.41. The Hall–Kier alpha value is -1.66. The van der Waals surface area contributed by atoms with Crippen molar-refractivity contribution in [2.24, 2.45) is 0 Å². The number of carbonyl (C=O) groups is 1. The van der Waals surface area contributed by atoms with Crippen LogP contribution in [0.15, 0.2) is 29.5 Å². The number of benzene rings is 1. The Morgan fingerprint density at radius 3 is 2.62 bits per heavy atom. The van der Waals surface area contributed by atoms with Crippen LogP contribution < -0.4 is 5.32 Å². The summed E-state index contributed by atoms with van der Waals surface area (Å²) in [5, 5.41) is 3.91. The third-order valence-electron chi connectivity index (χ3n) is 4.36. The number of hydrogen-bond acceptors (Lipinski definition) is 2. The number of rotatable bonds is 3. The van der Waals surface area contributed by atoms with Crippen LogP contribution in [0.5, 0.6) is 0 Å². The number of thiocarbonyl (C=S) groups is 1. The summed E-state index contributed by atoms with van der Waals surface area (Å²) in [5.41, 5.74) is 1.50. The molecule has 24 heavy (non-hydrogen) atoms. The van der Waals surface area contributed by atoms with Gasteiger partial charge < -0.3 is 15.1 Å². The molecule has 1 saturated carbocycles. The van der Waals surface area contributed by atoms with E-state index in [-0.39, 0.29) is 16.5 Å². The molecule has 128 valence electrons. The topological polar surface area (TPSA) is 35.6 Å². The molecular formula is C17H19ClFN3OS. The van der Waals surface area contributed by atoms with E-state index in [9.17, 15) is 9.18 Å². The lowest BCUT2D eigenvalue weighted by Crippen LogP contribution is -2.50. The van der Waals surface area contributed by atoms with Crippen molar-refractivity contribution in [3.63, 3.8) is 0 Å². The first-order chi connectivity index (χ1) is 11.3. The van der Waals surface area contributed by atoms with Crippen LogP contribution in [0.2, 0.25) is 5.02 Å². The predicted molar refractivity (Wildman–Crippen MR) is 96.1 cm³/mol. The molecule has 1 N–H and O–H groups in total. The molecule has 2 aliphatic rings. The summed E-state index contributed by atoms with van der Waals surface area (Å²) in [4.78, 5) is 16.3. The van der Waals surface area contributed by atoms with Crippen molar-refractivity contribution in [1.29, 1.82) is 0 Å². The zero-order chi connectivity index (χ0) is 17.6. The molecule has 1 aromatic rings. The third-order valence-corrected chi connectivity index (χ3v) is 5.01. The van der Waals surface area contributed by atoms with Gasteiger partial charge in [-0.05, 0) is 44.1 Å². The average Bonchev–Trinajstić information content (AvgIpc) is 3.31. The van der Waals surface area contributed by atoms with Crippen molar-refractivity contribution in [2.75, 3.05) is 14.1 Å². The average molecular weight is 368 g/mol. The highest BCUT2D eigenvalue weighted by Crippen LogP contribution is 2.40. The van der Waals surface area contributed by atoms with Gasteiger partial charge in [-0.3, -0.25) is 4.79 Å². The van der Waals surface area contributed by atoms with Gasteiger partial charge in [0.15, 0.2) is 5.11 Å². The number of nitrogens with one attached hydrogen (secondary N) is 1. The van der Waals surface area contributed by atoms with Crippen molar-refractivity contribution < 1.29 is 9.18 Å². The van der Waals surface area contributed by atoms with Crippen LogP contribution in [0.4, 0.5) is 4.39 Å². The van der Waals surface area contributed by atoms with Gasteiger partial charge in [0.1, 0.15) is 5.82 Å². The summed E-state index contributed by atoms with van der Waals surface area (Å²) in [6.45, 7) is 1.87. The van der Waals surface area contributed by atoms with Crippen LogP contribution in [-0.4, -0.2) is 41.0 Å². The highest BCUT2D eigenvalue weighted by molar-refractivity contribution is 7.80. The monoisotopic (exact) mass is 367 g/mol. The van der Waals surface area contributed by atoms with E-state index in [0.717, 1.165) is 18.5 Å². The molecule has 1 heterocycles. The highest BCUT2D eigenvalue weighted by atomic mass is 35.5. The second-order valence-corrected chi connectivity index (χ2v) is 7.11. The smallest absolute Gasteiger partial charge is 0.253 e. The molecule has 1 aliphatic heterocycles. The number of nitrogens with zero attached hydrogens (tertiary/aromatic N) is 2. The zero-order valence-corrected chi connectivity index (χ0v) is 15.3. The van der Waals surface area contributed by atoms with Crippen LogP contribution in [0, 0.1) is 5.82 Å². The number of likely N-dealkylation sites (N-methyl/N-ethyl adjacent to an activating group) is 1. The summed E-state index contributed by atoms with van der Waals surface area (Å²) in [7, 11) is 3.36. The molecule has 0 radical (unpaired) electrons. The van der Waals surface area contributed by atoms with Crippen molar-refractivity contribution in [3.05, 3.63) is 45.9 Å². The van der Waals surface area contributed by atoms with Gasteiger partial charge in [0, 0.05) is 36.4 Å². The molecular weight excluding hydrogens is 349 g/mol. The quantitative estimate of drug-likeness (QED) is 0.832. The minimum absolute atomic E-state index is 0.183. The first kappa shape index (κ1) is 17.2. The molecule has 7 heteroatoms. The van der Waals surface area contributed by atoms with Crippen LogP contribution in [0.1, 0.15) is 31.4 Å². The second kappa shape index (κ2) is 6.33. The Labute approximate surface area is 151 Å². The zero-order valence-electron chi connectivity index (χ0n) is 13.8. The number of hydrogen-bond donors (Lipinski definition) is 1. The standard InChI is InChI=1S/C17H19ClFN3OS/c1-9-13(16(23)21(2)3)15(14-11(18)5-4-6-12(14)19)20-17(24)22(9)10-7-8-10/h4-6,10,15H,7-8H2,1-3H3,(H,20,24). The van der Waals surface area contributed by atoms with E-state index in [1.165, 1.54) is 11.0 Å². The summed E-state index contributed by atoms with van der Waals surface area (Å²) in [6.07, 6.45) is 2.07. The van der Waals surface area contributed by atoms with E-state index in [0.29, 0.717) is 16.7 Å². The van der Waals surface area contributed by atoms with E-state index in [1.807, 2.05) is 11.8 Å². The van der Waals surface area contributed by atoms with Gasteiger partial charge in [0.2, 0.25) is 0 Å². The predicted octanol–water partition coefficient (Wildman–Crippen LogP) is 3.23. The maximum atomic E-state index is 14.5. The van der Waals surface area contributed by atoms with E-state index in [4.69, 9.17) is 23.8 Å². The first-order valence-corrected chi connectivity index (χ1v) is 8.57. The third kappa shape index (κ3) is 2.89. The molecule has 3 rings (SSSR count). The lowest BCUT2D eigenvalue weighted by molar-refractivity contribution is -0.125. The van der Waals surface area contributed by atoms with Gasteiger partial charge in [-0.15, -0.1) is 0 Å². The van der Waals surface area contributed by atoms with Crippen LogP contribution in [0.25, 0.3) is 0 Å². The van der Waals surface area contributed by atoms with Gasteiger partial charge in [-0.1, -0.05) is 17.7 Å². The Balaban J connectivity index is 2.17. The van der Waals surface area contributed by atoms with Crippen LogP contribution in [-0.2, 0) is 4.79 Å². The Bertz CT molecular complexity index is 725. The Morgan fingerprint density at radius 2 is 2.08 bits per heavy atom. The van der Waals surface area contributed by atoms with Crippen molar-refractivity contribution in [3.8, 4) is 0 Å². The van der Waals surface area contributed by atoms with E-state index < -0.39 is 11.9 Å². The number of allylic oxidation sites excluding steroid dienone is 1. The lowest BCUT2D eigenvalue weighted by atomic mass is 9.93. The van der Waals surface area contributed by atoms with Gasteiger partial charge in [0.25, 0.3) is 5.91 Å². The molecule has 1 fully saturated rings. The number of carbonyl (C=O) groups excluding carboxylic acids is 1. The molecule has 0 aromatic heterocycles. The summed E-state index contributed by atoms with van der Waals surface area (Å²) in [6, 6.07) is 4.11. The normalized spacial score (nSPS) is 21.0. The molecule has 0 spiro atoms. The summed E-state index contributed by atoms with van der Waals surface area (Å²) >= 11 is 11.7. The van der Waals surface area contributed by atoms with Crippen molar-refractivity contribution in [2.45, 2.75) is 31.8 Å². The minimum atomic E-state index is -0.698. The molecule has 0 saturated heterocycles. The van der Waals surface area contributed by atoms with Gasteiger partial charge >= 0.3 is 0 Å². The second-order valence-electron chi connectivity index (χ2n) is 6.32. The van der Waals surface area contributed by atoms with E-state index in [2.05, 4.69) is 5.32 Å². The SMILES string of the molecule is CC1=C(C(=O)N(C)C)C(c2c(F)cccc2Cl)NC(=S)N1C1CC1. The van der Waals surface area contributed by atoms with Gasteiger partial charge in [0.05, 0.1) is 11.6 Å². The number of halogens is 2.